The molecule has 1 heterocycles. The van der Waals surface area contributed by atoms with E-state index in [0.717, 1.165) is 38.0 Å². The fourth-order valence-electron chi connectivity index (χ4n) is 3.79. The summed E-state index contributed by atoms with van der Waals surface area (Å²) in [6.45, 7) is 8.00. The third kappa shape index (κ3) is 6.01. The van der Waals surface area contributed by atoms with Crippen LogP contribution in [0.25, 0.3) is 10.8 Å². The number of rotatable bonds is 11. The van der Waals surface area contributed by atoms with Crippen LogP contribution < -0.4 is 15.8 Å². The summed E-state index contributed by atoms with van der Waals surface area (Å²) in [7, 11) is 0. The van der Waals surface area contributed by atoms with E-state index in [9.17, 15) is 14.4 Å². The minimum absolute atomic E-state index is 0.0306. The number of amides is 1. The van der Waals surface area contributed by atoms with Crippen LogP contribution >= 0.6 is 0 Å². The Kier molecular flexibility index (Phi) is 8.79. The maximum Gasteiger partial charge on any atom is 0.359 e. The normalized spacial score (nSPS) is 10.8. The Hall–Kier alpha value is -3.68. The number of hydrogen-bond acceptors (Lipinski definition) is 6. The molecule has 0 radical (unpaired) electrons. The second-order valence-corrected chi connectivity index (χ2v) is 7.97. The van der Waals surface area contributed by atoms with Crippen LogP contribution in [0.5, 0.6) is 0 Å². The molecule has 0 atom stereocenters. The summed E-state index contributed by atoms with van der Waals surface area (Å²) >= 11 is 0. The molecule has 0 saturated carbocycles. The quantitative estimate of drug-likeness (QED) is 0.337. The number of nitrogens with one attached hydrogen (secondary N) is 1. The van der Waals surface area contributed by atoms with E-state index in [2.05, 4.69) is 36.1 Å². The summed E-state index contributed by atoms with van der Waals surface area (Å²) in [4.78, 5) is 40.1. The smallest absolute Gasteiger partial charge is 0.359 e. The Morgan fingerprint density at radius 2 is 1.65 bits per heavy atom. The summed E-state index contributed by atoms with van der Waals surface area (Å²) in [6.07, 6.45) is 2.74. The van der Waals surface area contributed by atoms with Gasteiger partial charge >= 0.3 is 5.97 Å². The lowest BCUT2D eigenvalue weighted by atomic mass is 10.1. The van der Waals surface area contributed by atoms with Crippen molar-refractivity contribution in [3.05, 3.63) is 64.6 Å². The number of carbonyl (C=O) groups is 2. The molecule has 0 spiro atoms. The first-order valence-electron chi connectivity index (χ1n) is 11.8. The highest BCUT2D eigenvalue weighted by Gasteiger charge is 2.19. The number of unbranched alkanes of at least 4 members (excludes halogenated alkanes) is 2. The number of aromatic nitrogens is 2. The zero-order chi connectivity index (χ0) is 24.5. The lowest BCUT2D eigenvalue weighted by molar-refractivity contribution is -0.119. The Bertz CT molecular complexity index is 1180. The molecule has 0 aliphatic heterocycles. The molecule has 8 nitrogen and oxygen atoms in total. The van der Waals surface area contributed by atoms with Gasteiger partial charge in [0.25, 0.3) is 11.5 Å². The third-order valence-electron chi connectivity index (χ3n) is 5.65. The van der Waals surface area contributed by atoms with Crippen LogP contribution in [-0.4, -0.2) is 41.4 Å². The molecule has 3 aromatic rings. The van der Waals surface area contributed by atoms with Crippen LogP contribution in [-0.2, 0) is 16.1 Å². The molecule has 180 valence electrons. The SMILES string of the molecule is CCCCCn1nc(C(=O)OCC(=O)Nc2ccc(N(CC)CC)cc2)c2ccccc2c1=O. The van der Waals surface area contributed by atoms with Gasteiger partial charge in [-0.2, -0.15) is 5.10 Å². The molecule has 1 aromatic heterocycles. The number of esters is 1. The number of anilines is 2. The third-order valence-corrected chi connectivity index (χ3v) is 5.65. The van der Waals surface area contributed by atoms with Gasteiger partial charge in [0.2, 0.25) is 0 Å². The van der Waals surface area contributed by atoms with E-state index in [-0.39, 0.29) is 11.3 Å². The first-order chi connectivity index (χ1) is 16.5. The van der Waals surface area contributed by atoms with E-state index in [0.29, 0.717) is 23.0 Å². The van der Waals surface area contributed by atoms with E-state index in [1.54, 1.807) is 24.3 Å². The monoisotopic (exact) mass is 464 g/mol. The summed E-state index contributed by atoms with van der Waals surface area (Å²) < 4.78 is 6.56. The highest BCUT2D eigenvalue weighted by Crippen LogP contribution is 2.18. The minimum Gasteiger partial charge on any atom is -0.451 e. The molecule has 2 aromatic carbocycles. The van der Waals surface area contributed by atoms with E-state index in [1.165, 1.54) is 4.68 Å². The number of aryl methyl sites for hydroxylation is 1. The van der Waals surface area contributed by atoms with Crippen molar-refractivity contribution in [1.29, 1.82) is 0 Å². The zero-order valence-electron chi connectivity index (χ0n) is 20.0. The van der Waals surface area contributed by atoms with Gasteiger partial charge in [0, 0.05) is 36.4 Å². The van der Waals surface area contributed by atoms with Crippen molar-refractivity contribution >= 4 is 34.0 Å². The van der Waals surface area contributed by atoms with Gasteiger partial charge in [0.05, 0.1) is 5.39 Å². The molecule has 1 N–H and O–H groups in total. The van der Waals surface area contributed by atoms with Gasteiger partial charge in [-0.3, -0.25) is 9.59 Å². The van der Waals surface area contributed by atoms with E-state index in [1.807, 2.05) is 24.3 Å². The Balaban J connectivity index is 1.69. The van der Waals surface area contributed by atoms with Crippen LogP contribution in [0, 0.1) is 0 Å². The van der Waals surface area contributed by atoms with Gasteiger partial charge in [-0.05, 0) is 50.6 Å². The molecule has 0 aliphatic carbocycles. The topological polar surface area (TPSA) is 93.5 Å². The molecule has 0 saturated heterocycles. The summed E-state index contributed by atoms with van der Waals surface area (Å²) in [5.74, 6) is -1.20. The van der Waals surface area contributed by atoms with Crippen LogP contribution in [0.2, 0.25) is 0 Å². The predicted molar refractivity (Wildman–Crippen MR) is 134 cm³/mol. The van der Waals surface area contributed by atoms with Crippen LogP contribution in [0.1, 0.15) is 50.5 Å². The number of fused-ring (bicyclic) bond motifs is 1. The predicted octanol–water partition coefficient (Wildman–Crippen LogP) is 4.23. The average molecular weight is 465 g/mol. The van der Waals surface area contributed by atoms with Crippen molar-refractivity contribution in [2.24, 2.45) is 0 Å². The molecule has 0 unspecified atom stereocenters. The molecule has 1 amide bonds. The van der Waals surface area contributed by atoms with Gasteiger partial charge in [0.15, 0.2) is 12.3 Å². The van der Waals surface area contributed by atoms with Crippen molar-refractivity contribution in [2.45, 2.75) is 46.6 Å². The van der Waals surface area contributed by atoms with E-state index in [4.69, 9.17) is 4.74 Å². The van der Waals surface area contributed by atoms with Crippen LogP contribution in [0.4, 0.5) is 11.4 Å². The van der Waals surface area contributed by atoms with Crippen LogP contribution in [0.3, 0.4) is 0 Å². The van der Waals surface area contributed by atoms with Crippen molar-refractivity contribution in [3.63, 3.8) is 0 Å². The van der Waals surface area contributed by atoms with Gasteiger partial charge in [-0.25, -0.2) is 9.48 Å². The van der Waals surface area contributed by atoms with Gasteiger partial charge in [-0.1, -0.05) is 38.0 Å². The van der Waals surface area contributed by atoms with Gasteiger partial charge < -0.3 is 15.0 Å². The molecular weight excluding hydrogens is 432 g/mol. The van der Waals surface area contributed by atoms with Crippen molar-refractivity contribution < 1.29 is 14.3 Å². The molecule has 0 bridgehead atoms. The average Bonchev–Trinajstić information content (AvgIpc) is 2.86. The maximum absolute atomic E-state index is 12.8. The molecule has 3 rings (SSSR count). The Labute approximate surface area is 199 Å². The fourth-order valence-corrected chi connectivity index (χ4v) is 3.79. The standard InChI is InChI=1S/C26H32N4O4/c1-4-7-10-17-30-25(32)22-12-9-8-11-21(22)24(28-30)26(33)34-18-23(31)27-19-13-15-20(16-14-19)29(5-2)6-3/h8-9,11-16H,4-7,10,17-18H2,1-3H3,(H,27,31). The first-order valence-corrected chi connectivity index (χ1v) is 11.8. The van der Waals surface area contributed by atoms with E-state index >= 15 is 0 Å². The minimum atomic E-state index is -0.743. The Morgan fingerprint density at radius 1 is 0.971 bits per heavy atom. The highest BCUT2D eigenvalue weighted by atomic mass is 16.5. The summed E-state index contributed by atoms with van der Waals surface area (Å²) in [6, 6.07) is 14.3. The Morgan fingerprint density at radius 3 is 2.29 bits per heavy atom. The zero-order valence-corrected chi connectivity index (χ0v) is 20.0. The first kappa shape index (κ1) is 25.0. The molecule has 8 heteroatoms. The second kappa shape index (κ2) is 12.0. The number of nitrogens with zero attached hydrogens (tertiary/aromatic N) is 3. The largest absolute Gasteiger partial charge is 0.451 e. The summed E-state index contributed by atoms with van der Waals surface area (Å²) in [5, 5.41) is 7.82. The second-order valence-electron chi connectivity index (χ2n) is 7.97. The molecule has 0 aliphatic rings. The number of ether oxygens (including phenoxy) is 1. The number of benzene rings is 2. The molecular formula is C26H32N4O4. The van der Waals surface area contributed by atoms with Crippen molar-refractivity contribution in [3.8, 4) is 0 Å². The lowest BCUT2D eigenvalue weighted by Gasteiger charge is -2.21. The summed E-state index contributed by atoms with van der Waals surface area (Å²) in [5.41, 5.74) is 1.48. The van der Waals surface area contributed by atoms with E-state index < -0.39 is 18.5 Å². The fraction of sp³-hybridized carbons (Fsp3) is 0.385. The molecule has 34 heavy (non-hydrogen) atoms. The lowest BCUT2D eigenvalue weighted by Crippen LogP contribution is -2.28. The van der Waals surface area contributed by atoms with Crippen molar-refractivity contribution in [2.75, 3.05) is 29.9 Å². The van der Waals surface area contributed by atoms with Crippen molar-refractivity contribution in [1.82, 2.24) is 9.78 Å². The molecule has 0 fully saturated rings. The van der Waals surface area contributed by atoms with Gasteiger partial charge in [-0.15, -0.1) is 0 Å². The number of hydrogen-bond donors (Lipinski definition) is 1. The number of carbonyl (C=O) groups excluding carboxylic acids is 2. The van der Waals surface area contributed by atoms with Gasteiger partial charge in [0.1, 0.15) is 0 Å². The highest BCUT2D eigenvalue weighted by molar-refractivity contribution is 6.03. The maximum atomic E-state index is 12.8. The van der Waals surface area contributed by atoms with Crippen LogP contribution in [0.15, 0.2) is 53.3 Å².